The van der Waals surface area contributed by atoms with Gasteiger partial charge in [-0.1, -0.05) is 6.92 Å². The molecule has 2 atom stereocenters. The average Bonchev–Trinajstić information content (AvgIpc) is 2.02. The Hall–Kier alpha value is -0.770. The summed E-state index contributed by atoms with van der Waals surface area (Å²) in [5, 5.41) is 0. The molecule has 4 heteroatoms. The third-order valence-electron chi connectivity index (χ3n) is 2.44. The number of nitrogens with zero attached hydrogens (tertiary/aromatic N) is 1. The van der Waals surface area contributed by atoms with E-state index in [0.717, 1.165) is 19.4 Å². The van der Waals surface area contributed by atoms with Crippen molar-refractivity contribution in [1.29, 1.82) is 0 Å². The number of hydrogen-bond acceptors (Lipinski definition) is 3. The van der Waals surface area contributed by atoms with Crippen LogP contribution < -0.4 is 5.73 Å². The number of likely N-dealkylation sites (tertiary alicyclic amines) is 1. The van der Waals surface area contributed by atoms with E-state index in [4.69, 9.17) is 5.73 Å². The van der Waals surface area contributed by atoms with Crippen LogP contribution in [0.3, 0.4) is 0 Å². The minimum Gasteiger partial charge on any atom is -0.453 e. The molecule has 0 aromatic rings. The van der Waals surface area contributed by atoms with E-state index in [1.807, 2.05) is 6.92 Å². The van der Waals surface area contributed by atoms with Gasteiger partial charge in [0, 0.05) is 12.6 Å². The van der Waals surface area contributed by atoms with Crippen molar-refractivity contribution >= 4 is 6.09 Å². The lowest BCUT2D eigenvalue weighted by atomic mass is 9.95. The summed E-state index contributed by atoms with van der Waals surface area (Å²) < 4.78 is 4.61. The largest absolute Gasteiger partial charge is 0.453 e. The summed E-state index contributed by atoms with van der Waals surface area (Å²) in [5.74, 6) is 0. The number of nitrogens with two attached hydrogens (primary N) is 1. The molecular weight excluding hydrogens is 156 g/mol. The summed E-state index contributed by atoms with van der Waals surface area (Å²) >= 11 is 0. The zero-order valence-corrected chi connectivity index (χ0v) is 7.62. The molecule has 1 saturated heterocycles. The highest BCUT2D eigenvalue weighted by molar-refractivity contribution is 5.69. The number of hydrogen-bond donors (Lipinski definition) is 1. The van der Waals surface area contributed by atoms with Crippen molar-refractivity contribution in [2.24, 2.45) is 5.73 Å². The van der Waals surface area contributed by atoms with Crippen molar-refractivity contribution < 1.29 is 9.53 Å². The van der Waals surface area contributed by atoms with E-state index in [0.29, 0.717) is 0 Å². The van der Waals surface area contributed by atoms with Crippen molar-refractivity contribution in [2.75, 3.05) is 13.7 Å². The highest BCUT2D eigenvalue weighted by Crippen LogP contribution is 2.21. The molecule has 1 heterocycles. The summed E-state index contributed by atoms with van der Waals surface area (Å²) in [6.07, 6.45) is 1.65. The second-order valence-corrected chi connectivity index (χ2v) is 3.09. The van der Waals surface area contributed by atoms with E-state index >= 15 is 0 Å². The van der Waals surface area contributed by atoms with Gasteiger partial charge in [0.2, 0.25) is 0 Å². The first-order valence-electron chi connectivity index (χ1n) is 4.30. The fourth-order valence-electron chi connectivity index (χ4n) is 1.47. The standard InChI is InChI=1S/C8H16N2O2/c1-3-6(9)7-4-5-10(7)8(11)12-2/h6-7H,3-5,9H2,1-2H3. The Morgan fingerprint density at radius 3 is 2.83 bits per heavy atom. The van der Waals surface area contributed by atoms with Crippen LogP contribution in [0.1, 0.15) is 19.8 Å². The van der Waals surface area contributed by atoms with Gasteiger partial charge in [0.05, 0.1) is 13.2 Å². The zero-order valence-electron chi connectivity index (χ0n) is 7.62. The summed E-state index contributed by atoms with van der Waals surface area (Å²) in [6.45, 7) is 2.81. The molecule has 0 saturated carbocycles. The second-order valence-electron chi connectivity index (χ2n) is 3.09. The van der Waals surface area contributed by atoms with Crippen LogP contribution >= 0.6 is 0 Å². The number of carbonyl (C=O) groups excluding carboxylic acids is 1. The Bertz CT molecular complexity index is 172. The summed E-state index contributed by atoms with van der Waals surface area (Å²) in [4.78, 5) is 12.8. The van der Waals surface area contributed by atoms with Crippen LogP contribution in [-0.2, 0) is 4.74 Å². The number of amides is 1. The zero-order chi connectivity index (χ0) is 9.14. The molecule has 1 aliphatic rings. The molecular formula is C8H16N2O2. The second kappa shape index (κ2) is 3.76. The van der Waals surface area contributed by atoms with Crippen LogP contribution in [0.5, 0.6) is 0 Å². The highest BCUT2D eigenvalue weighted by Gasteiger charge is 2.36. The van der Waals surface area contributed by atoms with E-state index in [1.165, 1.54) is 7.11 Å². The molecule has 0 bridgehead atoms. The molecule has 0 aromatic heterocycles. The van der Waals surface area contributed by atoms with E-state index in [1.54, 1.807) is 4.90 Å². The molecule has 4 nitrogen and oxygen atoms in total. The van der Waals surface area contributed by atoms with E-state index in [2.05, 4.69) is 4.74 Å². The molecule has 1 fully saturated rings. The van der Waals surface area contributed by atoms with E-state index < -0.39 is 0 Å². The molecule has 2 N–H and O–H groups in total. The quantitative estimate of drug-likeness (QED) is 0.662. The fraction of sp³-hybridized carbons (Fsp3) is 0.875. The topological polar surface area (TPSA) is 55.6 Å². The van der Waals surface area contributed by atoms with Crippen LogP contribution in [0.2, 0.25) is 0 Å². The van der Waals surface area contributed by atoms with Gasteiger partial charge in [0.15, 0.2) is 0 Å². The van der Waals surface area contributed by atoms with Crippen molar-refractivity contribution in [2.45, 2.75) is 31.8 Å². The number of ether oxygens (including phenoxy) is 1. The predicted octanol–water partition coefficient (Wildman–Crippen LogP) is 0.564. The minimum atomic E-state index is -0.254. The summed E-state index contributed by atoms with van der Waals surface area (Å²) in [7, 11) is 1.40. The molecule has 0 spiro atoms. The highest BCUT2D eigenvalue weighted by atomic mass is 16.5. The van der Waals surface area contributed by atoms with Gasteiger partial charge in [-0.15, -0.1) is 0 Å². The average molecular weight is 172 g/mol. The molecule has 12 heavy (non-hydrogen) atoms. The number of carbonyl (C=O) groups is 1. The van der Waals surface area contributed by atoms with Gasteiger partial charge in [-0.05, 0) is 12.8 Å². The Kier molecular flexibility index (Phi) is 2.92. The van der Waals surface area contributed by atoms with Crippen LogP contribution in [0.15, 0.2) is 0 Å². The molecule has 2 unspecified atom stereocenters. The molecule has 70 valence electrons. The van der Waals surface area contributed by atoms with Gasteiger partial charge < -0.3 is 15.4 Å². The van der Waals surface area contributed by atoms with Gasteiger partial charge >= 0.3 is 6.09 Å². The normalized spacial score (nSPS) is 24.6. The first kappa shape index (κ1) is 9.32. The molecule has 0 aromatic carbocycles. The van der Waals surface area contributed by atoms with E-state index in [-0.39, 0.29) is 18.2 Å². The maximum Gasteiger partial charge on any atom is 0.409 e. The third-order valence-corrected chi connectivity index (χ3v) is 2.44. The van der Waals surface area contributed by atoms with Crippen molar-refractivity contribution in [1.82, 2.24) is 4.90 Å². The SMILES string of the molecule is CCC(N)C1CCN1C(=O)OC. The first-order chi connectivity index (χ1) is 5.70. The number of rotatable bonds is 2. The van der Waals surface area contributed by atoms with Crippen molar-refractivity contribution in [3.63, 3.8) is 0 Å². The molecule has 0 aliphatic carbocycles. The van der Waals surface area contributed by atoms with Gasteiger partial charge in [-0.3, -0.25) is 0 Å². The Balaban J connectivity index is 2.43. The molecule has 1 aliphatic heterocycles. The third kappa shape index (κ3) is 1.53. The predicted molar refractivity (Wildman–Crippen MR) is 45.8 cm³/mol. The first-order valence-corrected chi connectivity index (χ1v) is 4.30. The van der Waals surface area contributed by atoms with Crippen LogP contribution in [0.4, 0.5) is 4.79 Å². The molecule has 1 amide bonds. The maximum absolute atomic E-state index is 11.1. The van der Waals surface area contributed by atoms with Crippen LogP contribution in [0, 0.1) is 0 Å². The van der Waals surface area contributed by atoms with Gasteiger partial charge in [-0.25, -0.2) is 4.79 Å². The van der Waals surface area contributed by atoms with Crippen molar-refractivity contribution in [3.05, 3.63) is 0 Å². The lowest BCUT2D eigenvalue weighted by Crippen LogP contribution is -2.58. The van der Waals surface area contributed by atoms with E-state index in [9.17, 15) is 4.79 Å². The lowest BCUT2D eigenvalue weighted by Gasteiger charge is -2.42. The van der Waals surface area contributed by atoms with Gasteiger partial charge in [0.25, 0.3) is 0 Å². The Morgan fingerprint density at radius 1 is 1.83 bits per heavy atom. The Labute approximate surface area is 72.7 Å². The van der Waals surface area contributed by atoms with Crippen molar-refractivity contribution in [3.8, 4) is 0 Å². The maximum atomic E-state index is 11.1. The summed E-state index contributed by atoms with van der Waals surface area (Å²) in [6, 6.07) is 0.292. The molecule has 1 rings (SSSR count). The lowest BCUT2D eigenvalue weighted by molar-refractivity contribution is 0.0502. The van der Waals surface area contributed by atoms with Gasteiger partial charge in [0.1, 0.15) is 0 Å². The summed E-state index contributed by atoms with van der Waals surface area (Å²) in [5.41, 5.74) is 5.81. The smallest absolute Gasteiger partial charge is 0.409 e. The molecule has 0 radical (unpaired) electrons. The number of methoxy groups -OCH3 is 1. The monoisotopic (exact) mass is 172 g/mol. The van der Waals surface area contributed by atoms with Crippen LogP contribution in [-0.4, -0.2) is 36.7 Å². The van der Waals surface area contributed by atoms with Gasteiger partial charge in [-0.2, -0.15) is 0 Å². The Morgan fingerprint density at radius 2 is 2.50 bits per heavy atom. The van der Waals surface area contributed by atoms with Crippen LogP contribution in [0.25, 0.3) is 0 Å². The fourth-order valence-corrected chi connectivity index (χ4v) is 1.47. The minimum absolute atomic E-state index is 0.0952.